The quantitative estimate of drug-likeness (QED) is 0.509. The second-order valence-electron chi connectivity index (χ2n) is 5.73. The van der Waals surface area contributed by atoms with Crippen LogP contribution in [0.4, 0.5) is 5.82 Å². The fourth-order valence-corrected chi connectivity index (χ4v) is 3.13. The SMILES string of the molecule is Cc1ncc([N+](=O)[O-])n1CCn1cc(C(=O)O)c(=O)c2cc(Cl)c(Cl)cc21. The summed E-state index contributed by atoms with van der Waals surface area (Å²) in [7, 11) is 0. The Morgan fingerprint density at radius 3 is 2.59 bits per heavy atom. The molecule has 3 rings (SSSR count). The van der Waals surface area contributed by atoms with Crippen LogP contribution in [-0.2, 0) is 13.1 Å². The van der Waals surface area contributed by atoms with Crippen molar-refractivity contribution >= 4 is 45.9 Å². The molecular formula is C16H12Cl2N4O5. The van der Waals surface area contributed by atoms with Gasteiger partial charge in [-0.1, -0.05) is 23.2 Å². The molecule has 0 aliphatic rings. The number of carbonyl (C=O) groups is 1. The number of nitrogens with zero attached hydrogens (tertiary/aromatic N) is 4. The maximum atomic E-state index is 12.4. The van der Waals surface area contributed by atoms with Crippen LogP contribution in [0.2, 0.25) is 10.0 Å². The fraction of sp³-hybridized carbons (Fsp3) is 0.188. The maximum absolute atomic E-state index is 12.4. The van der Waals surface area contributed by atoms with Gasteiger partial charge >= 0.3 is 11.8 Å². The number of hydrogen-bond acceptors (Lipinski definition) is 5. The summed E-state index contributed by atoms with van der Waals surface area (Å²) in [4.78, 5) is 38.3. The first-order chi connectivity index (χ1) is 12.7. The number of halogens is 2. The minimum absolute atomic E-state index is 0.0983. The van der Waals surface area contributed by atoms with E-state index in [0.717, 1.165) is 6.20 Å². The highest BCUT2D eigenvalue weighted by Crippen LogP contribution is 2.27. The van der Waals surface area contributed by atoms with Gasteiger partial charge in [-0.05, 0) is 17.1 Å². The highest BCUT2D eigenvalue weighted by molar-refractivity contribution is 6.42. The molecule has 0 spiro atoms. The first-order valence-corrected chi connectivity index (χ1v) is 8.38. The predicted molar refractivity (Wildman–Crippen MR) is 98.8 cm³/mol. The van der Waals surface area contributed by atoms with Gasteiger partial charge in [-0.3, -0.25) is 4.79 Å². The number of hydrogen-bond donors (Lipinski definition) is 1. The number of pyridine rings is 1. The summed E-state index contributed by atoms with van der Waals surface area (Å²) in [5.74, 6) is -1.13. The summed E-state index contributed by atoms with van der Waals surface area (Å²) in [6.07, 6.45) is 2.34. The highest BCUT2D eigenvalue weighted by atomic mass is 35.5. The van der Waals surface area contributed by atoms with E-state index in [2.05, 4.69) is 4.98 Å². The summed E-state index contributed by atoms with van der Waals surface area (Å²) >= 11 is 12.0. The summed E-state index contributed by atoms with van der Waals surface area (Å²) in [6, 6.07) is 2.77. The lowest BCUT2D eigenvalue weighted by atomic mass is 10.1. The number of aryl methyl sites for hydroxylation is 2. The van der Waals surface area contributed by atoms with Gasteiger partial charge < -0.3 is 19.8 Å². The van der Waals surface area contributed by atoms with Crippen LogP contribution in [0.15, 0.2) is 29.3 Å². The standard InChI is InChI=1S/C16H12Cl2N4O5/c1-8-19-6-14(22(26)27)21(8)3-2-20-7-10(16(24)25)15(23)9-4-11(17)12(18)5-13(9)20/h4-7H,2-3H2,1H3,(H,24,25). The molecule has 0 unspecified atom stereocenters. The summed E-state index contributed by atoms with van der Waals surface area (Å²) in [5.41, 5.74) is -0.741. The molecule has 0 aliphatic carbocycles. The number of aromatic carboxylic acids is 1. The van der Waals surface area contributed by atoms with Gasteiger partial charge in [0.05, 0.1) is 22.1 Å². The van der Waals surface area contributed by atoms with E-state index in [1.165, 1.54) is 27.5 Å². The Kier molecular flexibility index (Phi) is 4.90. The molecule has 11 heteroatoms. The molecule has 0 bridgehead atoms. The second-order valence-corrected chi connectivity index (χ2v) is 6.54. The summed E-state index contributed by atoms with van der Waals surface area (Å²) in [6.45, 7) is 1.91. The Bertz CT molecular complexity index is 1150. The van der Waals surface area contributed by atoms with Crippen LogP contribution in [0, 0.1) is 17.0 Å². The van der Waals surface area contributed by atoms with Crippen molar-refractivity contribution in [3.05, 3.63) is 66.3 Å². The van der Waals surface area contributed by atoms with Crippen LogP contribution >= 0.6 is 23.2 Å². The normalized spacial score (nSPS) is 11.1. The van der Waals surface area contributed by atoms with E-state index in [1.54, 1.807) is 6.92 Å². The molecule has 27 heavy (non-hydrogen) atoms. The van der Waals surface area contributed by atoms with Gasteiger partial charge in [0, 0.05) is 18.5 Å². The van der Waals surface area contributed by atoms with Crippen molar-refractivity contribution in [3.63, 3.8) is 0 Å². The number of carboxylic acid groups (broad SMARTS) is 1. The Morgan fingerprint density at radius 2 is 1.96 bits per heavy atom. The van der Waals surface area contributed by atoms with Crippen molar-refractivity contribution in [2.24, 2.45) is 0 Å². The first-order valence-electron chi connectivity index (χ1n) is 7.62. The predicted octanol–water partition coefficient (Wildman–Crippen LogP) is 3.12. The zero-order valence-corrected chi connectivity index (χ0v) is 15.4. The molecule has 0 radical (unpaired) electrons. The third-order valence-corrected chi connectivity index (χ3v) is 4.86. The molecule has 0 saturated carbocycles. The van der Waals surface area contributed by atoms with Crippen LogP contribution in [0.5, 0.6) is 0 Å². The molecule has 0 atom stereocenters. The van der Waals surface area contributed by atoms with Gasteiger partial charge in [-0.25, -0.2) is 14.3 Å². The van der Waals surface area contributed by atoms with Crippen molar-refractivity contribution in [1.29, 1.82) is 0 Å². The van der Waals surface area contributed by atoms with Crippen LogP contribution in [0.1, 0.15) is 16.2 Å². The van der Waals surface area contributed by atoms with Crippen molar-refractivity contribution in [3.8, 4) is 0 Å². The minimum atomic E-state index is -1.38. The lowest BCUT2D eigenvalue weighted by Crippen LogP contribution is -2.20. The topological polar surface area (TPSA) is 120 Å². The van der Waals surface area contributed by atoms with Crippen LogP contribution in [0.3, 0.4) is 0 Å². The van der Waals surface area contributed by atoms with E-state index in [4.69, 9.17) is 23.2 Å². The summed E-state index contributed by atoms with van der Waals surface area (Å²) in [5, 5.41) is 20.8. The van der Waals surface area contributed by atoms with Gasteiger partial charge in [-0.2, -0.15) is 0 Å². The Labute approximate surface area is 161 Å². The van der Waals surface area contributed by atoms with Gasteiger partial charge in [0.2, 0.25) is 5.43 Å². The molecule has 0 aliphatic heterocycles. The van der Waals surface area contributed by atoms with Crippen molar-refractivity contribution in [2.45, 2.75) is 20.0 Å². The van der Waals surface area contributed by atoms with E-state index < -0.39 is 21.9 Å². The highest BCUT2D eigenvalue weighted by Gasteiger charge is 2.19. The van der Waals surface area contributed by atoms with E-state index in [9.17, 15) is 24.8 Å². The zero-order chi connectivity index (χ0) is 19.9. The van der Waals surface area contributed by atoms with E-state index in [0.29, 0.717) is 11.3 Å². The van der Waals surface area contributed by atoms with Crippen LogP contribution in [0.25, 0.3) is 10.9 Å². The fourth-order valence-electron chi connectivity index (χ4n) is 2.81. The molecule has 0 amide bonds. The number of aromatic nitrogens is 3. The maximum Gasteiger partial charge on any atom is 0.342 e. The molecule has 2 aromatic heterocycles. The number of carboxylic acids is 1. The molecule has 9 nitrogen and oxygen atoms in total. The number of nitro groups is 1. The number of imidazole rings is 1. The molecule has 2 heterocycles. The zero-order valence-electron chi connectivity index (χ0n) is 13.8. The third-order valence-electron chi connectivity index (χ3n) is 4.14. The van der Waals surface area contributed by atoms with Crippen LogP contribution in [-0.4, -0.2) is 30.1 Å². The molecule has 3 aromatic rings. The van der Waals surface area contributed by atoms with Gasteiger partial charge in [0.25, 0.3) is 0 Å². The van der Waals surface area contributed by atoms with Crippen LogP contribution < -0.4 is 5.43 Å². The average Bonchev–Trinajstić information content (AvgIpc) is 2.97. The molecule has 1 N–H and O–H groups in total. The number of fused-ring (bicyclic) bond motifs is 1. The smallest absolute Gasteiger partial charge is 0.342 e. The monoisotopic (exact) mass is 410 g/mol. The average molecular weight is 411 g/mol. The number of rotatable bonds is 5. The Balaban J connectivity index is 2.14. The molecular weight excluding hydrogens is 399 g/mol. The van der Waals surface area contributed by atoms with Gasteiger partial charge in [0.15, 0.2) is 5.82 Å². The van der Waals surface area contributed by atoms with E-state index >= 15 is 0 Å². The minimum Gasteiger partial charge on any atom is -0.477 e. The Morgan fingerprint density at radius 1 is 1.30 bits per heavy atom. The summed E-state index contributed by atoms with van der Waals surface area (Å²) < 4.78 is 2.90. The lowest BCUT2D eigenvalue weighted by Gasteiger charge is -2.13. The number of benzene rings is 1. The second kappa shape index (κ2) is 7.01. The van der Waals surface area contributed by atoms with Crippen molar-refractivity contribution in [1.82, 2.24) is 14.1 Å². The van der Waals surface area contributed by atoms with E-state index in [1.807, 2.05) is 0 Å². The Hall–Kier alpha value is -2.91. The molecule has 0 saturated heterocycles. The molecule has 0 fully saturated rings. The lowest BCUT2D eigenvalue weighted by molar-refractivity contribution is -0.392. The molecule has 140 valence electrons. The van der Waals surface area contributed by atoms with Gasteiger partial charge in [0.1, 0.15) is 18.3 Å². The molecule has 1 aromatic carbocycles. The van der Waals surface area contributed by atoms with E-state index in [-0.39, 0.29) is 34.3 Å². The van der Waals surface area contributed by atoms with Crippen molar-refractivity contribution < 1.29 is 14.8 Å². The third kappa shape index (κ3) is 3.38. The van der Waals surface area contributed by atoms with Gasteiger partial charge in [-0.15, -0.1) is 0 Å². The first kappa shape index (κ1) is 18.9. The van der Waals surface area contributed by atoms with Crippen molar-refractivity contribution in [2.75, 3.05) is 0 Å². The largest absolute Gasteiger partial charge is 0.477 e.